The number of nitrogens with one attached hydrogen (secondary N) is 1. The fraction of sp³-hybridized carbons (Fsp3) is 0.536. The maximum atomic E-state index is 13.1. The van der Waals surface area contributed by atoms with Gasteiger partial charge in [0, 0.05) is 42.7 Å². The van der Waals surface area contributed by atoms with Crippen LogP contribution in [0.1, 0.15) is 50.0 Å². The van der Waals surface area contributed by atoms with E-state index in [-0.39, 0.29) is 30.6 Å². The van der Waals surface area contributed by atoms with Gasteiger partial charge in [-0.15, -0.1) is 0 Å². The number of urea groups is 1. The second-order valence-corrected chi connectivity index (χ2v) is 9.99. The van der Waals surface area contributed by atoms with Crippen LogP contribution in [0, 0.1) is 0 Å². The van der Waals surface area contributed by atoms with E-state index < -0.39 is 0 Å². The van der Waals surface area contributed by atoms with Crippen molar-refractivity contribution in [3.63, 3.8) is 0 Å². The van der Waals surface area contributed by atoms with E-state index in [4.69, 9.17) is 4.74 Å². The van der Waals surface area contributed by atoms with Crippen molar-refractivity contribution >= 4 is 6.03 Å². The highest BCUT2D eigenvalue weighted by molar-refractivity contribution is 5.74. The molecule has 6 heteroatoms. The van der Waals surface area contributed by atoms with Gasteiger partial charge in [0.1, 0.15) is 5.75 Å². The molecule has 2 aromatic carbocycles. The number of para-hydroxylation sites is 1. The molecule has 2 aromatic rings. The molecule has 2 N–H and O–H groups in total. The Labute approximate surface area is 202 Å². The summed E-state index contributed by atoms with van der Waals surface area (Å²) in [4.78, 5) is 17.5. The van der Waals surface area contributed by atoms with Crippen molar-refractivity contribution < 1.29 is 14.6 Å². The second kappa shape index (κ2) is 10.4. The maximum Gasteiger partial charge on any atom is 0.317 e. The van der Waals surface area contributed by atoms with E-state index in [0.29, 0.717) is 12.6 Å². The highest BCUT2D eigenvalue weighted by atomic mass is 16.5. The van der Waals surface area contributed by atoms with Crippen LogP contribution in [0.3, 0.4) is 0 Å². The van der Waals surface area contributed by atoms with Gasteiger partial charge in [-0.3, -0.25) is 4.90 Å². The van der Waals surface area contributed by atoms with Crippen molar-refractivity contribution in [2.75, 3.05) is 33.4 Å². The molecule has 1 aliphatic carbocycles. The molecule has 1 saturated carbocycles. The SMILES string of the molecule is COc1ccccc1-c1ccc([C@@H]2[C@H](CO)N3CCCCN(C(=O)NC4CCCC4)C[C@@H]23)cc1. The van der Waals surface area contributed by atoms with Gasteiger partial charge < -0.3 is 20.1 Å². The molecule has 0 aromatic heterocycles. The Bertz CT molecular complexity index is 973. The lowest BCUT2D eigenvalue weighted by Crippen LogP contribution is -2.68. The molecule has 2 aliphatic heterocycles. The van der Waals surface area contributed by atoms with E-state index in [2.05, 4.69) is 40.5 Å². The number of benzene rings is 2. The minimum Gasteiger partial charge on any atom is -0.496 e. The molecule has 34 heavy (non-hydrogen) atoms. The molecule has 2 heterocycles. The van der Waals surface area contributed by atoms with Crippen LogP contribution in [0.25, 0.3) is 11.1 Å². The Hall–Kier alpha value is -2.57. The Kier molecular flexibility index (Phi) is 7.07. The number of carbonyl (C=O) groups excluding carboxylic acids is 1. The highest BCUT2D eigenvalue weighted by Gasteiger charge is 2.49. The Morgan fingerprint density at radius 1 is 1.03 bits per heavy atom. The number of hydrogen-bond donors (Lipinski definition) is 2. The third-order valence-corrected chi connectivity index (χ3v) is 8.05. The number of aliphatic hydroxyl groups excluding tert-OH is 1. The van der Waals surface area contributed by atoms with Gasteiger partial charge in [-0.2, -0.15) is 0 Å². The summed E-state index contributed by atoms with van der Waals surface area (Å²) in [6.07, 6.45) is 6.70. The number of fused-ring (bicyclic) bond motifs is 1. The van der Waals surface area contributed by atoms with E-state index in [1.54, 1.807) is 7.11 Å². The zero-order valence-electron chi connectivity index (χ0n) is 20.2. The second-order valence-electron chi connectivity index (χ2n) is 9.99. The molecule has 182 valence electrons. The first-order valence-electron chi connectivity index (χ1n) is 12.8. The molecule has 6 nitrogen and oxygen atoms in total. The summed E-state index contributed by atoms with van der Waals surface area (Å²) in [7, 11) is 1.70. The van der Waals surface area contributed by atoms with Crippen molar-refractivity contribution in [1.29, 1.82) is 0 Å². The van der Waals surface area contributed by atoms with Gasteiger partial charge >= 0.3 is 6.03 Å². The van der Waals surface area contributed by atoms with Gasteiger partial charge in [0.25, 0.3) is 0 Å². The van der Waals surface area contributed by atoms with Crippen LogP contribution < -0.4 is 10.1 Å². The summed E-state index contributed by atoms with van der Waals surface area (Å²) in [6, 6.07) is 17.5. The predicted octanol–water partition coefficient (Wildman–Crippen LogP) is 4.24. The Morgan fingerprint density at radius 2 is 1.76 bits per heavy atom. The topological polar surface area (TPSA) is 65.0 Å². The molecule has 3 fully saturated rings. The van der Waals surface area contributed by atoms with Crippen molar-refractivity contribution in [1.82, 2.24) is 15.1 Å². The summed E-state index contributed by atoms with van der Waals surface area (Å²) >= 11 is 0. The molecule has 2 saturated heterocycles. The number of methoxy groups -OCH3 is 1. The molecule has 2 amide bonds. The van der Waals surface area contributed by atoms with E-state index >= 15 is 0 Å². The number of amides is 2. The lowest BCUT2D eigenvalue weighted by Gasteiger charge is -2.57. The van der Waals surface area contributed by atoms with E-state index in [1.807, 2.05) is 23.1 Å². The van der Waals surface area contributed by atoms with Gasteiger partial charge in [0.2, 0.25) is 0 Å². The van der Waals surface area contributed by atoms with Gasteiger partial charge in [0.05, 0.1) is 13.7 Å². The first-order valence-corrected chi connectivity index (χ1v) is 12.8. The summed E-state index contributed by atoms with van der Waals surface area (Å²) in [5.41, 5.74) is 3.43. The molecule has 0 bridgehead atoms. The van der Waals surface area contributed by atoms with Crippen LogP contribution in [0.5, 0.6) is 5.75 Å². The monoisotopic (exact) mass is 463 g/mol. The first-order chi connectivity index (χ1) is 16.7. The quantitative estimate of drug-likeness (QED) is 0.696. The highest BCUT2D eigenvalue weighted by Crippen LogP contribution is 2.42. The van der Waals surface area contributed by atoms with Crippen molar-refractivity contribution in [3.05, 3.63) is 54.1 Å². The number of rotatable bonds is 5. The van der Waals surface area contributed by atoms with Crippen LogP contribution in [-0.4, -0.2) is 72.4 Å². The van der Waals surface area contributed by atoms with Gasteiger partial charge in [-0.05, 0) is 49.4 Å². The van der Waals surface area contributed by atoms with Crippen molar-refractivity contribution in [2.45, 2.75) is 62.6 Å². The van der Waals surface area contributed by atoms with Crippen LogP contribution >= 0.6 is 0 Å². The predicted molar refractivity (Wildman–Crippen MR) is 134 cm³/mol. The molecule has 0 spiro atoms. The Balaban J connectivity index is 1.34. The normalized spacial score (nSPS) is 25.7. The summed E-state index contributed by atoms with van der Waals surface area (Å²) in [5.74, 6) is 1.08. The third-order valence-electron chi connectivity index (χ3n) is 8.05. The smallest absolute Gasteiger partial charge is 0.317 e. The zero-order chi connectivity index (χ0) is 23.5. The molecule has 5 rings (SSSR count). The molecule has 0 unspecified atom stereocenters. The Morgan fingerprint density at radius 3 is 2.50 bits per heavy atom. The average Bonchev–Trinajstić information content (AvgIpc) is 3.36. The van der Waals surface area contributed by atoms with Gasteiger partial charge in [-0.1, -0.05) is 55.3 Å². The molecule has 3 atom stereocenters. The fourth-order valence-corrected chi connectivity index (χ4v) is 6.23. The summed E-state index contributed by atoms with van der Waals surface area (Å²) in [5, 5.41) is 13.5. The van der Waals surface area contributed by atoms with Crippen LogP contribution in [0.15, 0.2) is 48.5 Å². The van der Waals surface area contributed by atoms with Gasteiger partial charge in [0.15, 0.2) is 0 Å². The summed E-state index contributed by atoms with van der Waals surface area (Å²) < 4.78 is 5.54. The van der Waals surface area contributed by atoms with E-state index in [0.717, 1.165) is 55.6 Å². The molecule has 0 radical (unpaired) electrons. The minimum atomic E-state index is 0.0893. The summed E-state index contributed by atoms with van der Waals surface area (Å²) in [6.45, 7) is 2.66. The molecular weight excluding hydrogens is 426 g/mol. The number of ether oxygens (including phenoxy) is 1. The largest absolute Gasteiger partial charge is 0.496 e. The molecular formula is C28H37N3O3. The van der Waals surface area contributed by atoms with Crippen LogP contribution in [-0.2, 0) is 0 Å². The van der Waals surface area contributed by atoms with Crippen molar-refractivity contribution in [3.8, 4) is 16.9 Å². The zero-order valence-corrected chi connectivity index (χ0v) is 20.2. The maximum absolute atomic E-state index is 13.1. The average molecular weight is 464 g/mol. The van der Waals surface area contributed by atoms with Crippen LogP contribution in [0.2, 0.25) is 0 Å². The van der Waals surface area contributed by atoms with E-state index in [9.17, 15) is 9.90 Å². The van der Waals surface area contributed by atoms with Crippen molar-refractivity contribution in [2.24, 2.45) is 0 Å². The lowest BCUT2D eigenvalue weighted by molar-refractivity contribution is -0.0591. The van der Waals surface area contributed by atoms with Gasteiger partial charge in [-0.25, -0.2) is 4.79 Å². The number of nitrogens with zero attached hydrogens (tertiary/aromatic N) is 2. The number of aliphatic hydroxyl groups is 1. The lowest BCUT2D eigenvalue weighted by atomic mass is 9.74. The molecule has 3 aliphatic rings. The first kappa shape index (κ1) is 23.2. The number of carbonyl (C=O) groups is 1. The number of hydrogen-bond acceptors (Lipinski definition) is 4. The van der Waals surface area contributed by atoms with Crippen LogP contribution in [0.4, 0.5) is 4.79 Å². The fourth-order valence-electron chi connectivity index (χ4n) is 6.23. The third kappa shape index (κ3) is 4.53. The van der Waals surface area contributed by atoms with E-state index in [1.165, 1.54) is 18.4 Å². The minimum absolute atomic E-state index is 0.0893. The standard InChI is InChI=1S/C28H37N3O3/c1-34-26-11-5-4-10-23(26)20-12-14-21(15-13-20)27-24-18-30(28(33)29-22-8-2-3-9-22)16-6-7-17-31(24)25(27)19-32/h4-5,10-15,22,24-25,27,32H,2-3,6-9,16-19H2,1H3,(H,29,33)/t24-,25-,27-/m0/s1.